The van der Waals surface area contributed by atoms with Crippen molar-refractivity contribution in [3.05, 3.63) is 90.0 Å². The molecule has 0 saturated heterocycles. The number of hydrogen-bond acceptors (Lipinski definition) is 3. The molecule has 3 N–H and O–H groups in total. The first-order valence-electron chi connectivity index (χ1n) is 8.69. The van der Waals surface area contributed by atoms with Crippen LogP contribution in [0.4, 0.5) is 5.69 Å². The molecule has 0 heterocycles. The number of ether oxygens (including phenoxy) is 2. The topological polar surface area (TPSA) is 68.9 Å². The van der Waals surface area contributed by atoms with Crippen molar-refractivity contribution < 1.29 is 9.47 Å². The van der Waals surface area contributed by atoms with Gasteiger partial charge >= 0.3 is 0 Å². The maximum absolute atomic E-state index is 5.98. The minimum absolute atomic E-state index is 0.367. The number of aliphatic imine (C=N–C) groups is 1. The van der Waals surface area contributed by atoms with Gasteiger partial charge in [-0.25, -0.2) is 4.99 Å². The van der Waals surface area contributed by atoms with Crippen LogP contribution in [0.15, 0.2) is 83.9 Å². The number of benzene rings is 3. The van der Waals surface area contributed by atoms with Gasteiger partial charge in [-0.15, -0.1) is 0 Å². The van der Waals surface area contributed by atoms with E-state index >= 15 is 0 Å². The summed E-state index contributed by atoms with van der Waals surface area (Å²) < 4.78 is 10.9. The summed E-state index contributed by atoms with van der Waals surface area (Å²) in [5.41, 5.74) is 9.01. The van der Waals surface area contributed by atoms with Crippen molar-refractivity contribution in [1.29, 1.82) is 0 Å². The van der Waals surface area contributed by atoms with Crippen LogP contribution in [0, 0.1) is 0 Å². The van der Waals surface area contributed by atoms with Crippen LogP contribution >= 0.6 is 0 Å². The third kappa shape index (κ3) is 5.78. The van der Waals surface area contributed by atoms with Gasteiger partial charge in [0.05, 0.1) is 13.7 Å². The first-order chi connectivity index (χ1) is 13.2. The fourth-order valence-corrected chi connectivity index (χ4v) is 2.54. The molecular formula is C22H23N3O2. The standard InChI is InChI=1S/C22H23N3O2/c1-26-20-12-10-19(11-13-20)25-22(23)24-15-17-6-5-7-18(14-17)16-27-21-8-3-2-4-9-21/h2-14H,15-16H2,1H3,(H3,23,24,25). The van der Waals surface area contributed by atoms with Gasteiger partial charge in [-0.2, -0.15) is 0 Å². The van der Waals surface area contributed by atoms with Gasteiger partial charge in [0.25, 0.3) is 0 Å². The summed E-state index contributed by atoms with van der Waals surface area (Å²) in [6, 6.07) is 25.4. The molecule has 0 bridgehead atoms. The Morgan fingerprint density at radius 3 is 2.37 bits per heavy atom. The Bertz CT molecular complexity index is 878. The van der Waals surface area contributed by atoms with E-state index in [1.54, 1.807) is 7.11 Å². The van der Waals surface area contributed by atoms with Gasteiger partial charge in [0.2, 0.25) is 0 Å². The third-order valence-electron chi connectivity index (χ3n) is 3.93. The molecule has 138 valence electrons. The van der Waals surface area contributed by atoms with Gasteiger partial charge in [0.1, 0.15) is 18.1 Å². The van der Waals surface area contributed by atoms with E-state index in [4.69, 9.17) is 15.2 Å². The van der Waals surface area contributed by atoms with Crippen LogP contribution in [0.2, 0.25) is 0 Å². The van der Waals surface area contributed by atoms with Crippen LogP contribution < -0.4 is 20.5 Å². The second kappa shape index (κ2) is 9.29. The lowest BCUT2D eigenvalue weighted by Gasteiger charge is -2.08. The summed E-state index contributed by atoms with van der Waals surface area (Å²) in [5, 5.41) is 3.07. The van der Waals surface area contributed by atoms with Crippen LogP contribution in [-0.2, 0) is 13.2 Å². The minimum atomic E-state index is 0.367. The van der Waals surface area contributed by atoms with Crippen LogP contribution in [0.3, 0.4) is 0 Å². The van der Waals surface area contributed by atoms with E-state index in [9.17, 15) is 0 Å². The summed E-state index contributed by atoms with van der Waals surface area (Å²) in [5.74, 6) is 2.02. The van der Waals surface area contributed by atoms with Crippen molar-refractivity contribution in [3.8, 4) is 11.5 Å². The molecule has 0 amide bonds. The maximum atomic E-state index is 5.98. The summed E-state index contributed by atoms with van der Waals surface area (Å²) in [6.07, 6.45) is 0. The highest BCUT2D eigenvalue weighted by Gasteiger charge is 2.00. The normalized spacial score (nSPS) is 11.1. The van der Waals surface area contributed by atoms with Crippen LogP contribution in [0.25, 0.3) is 0 Å². The van der Waals surface area contributed by atoms with E-state index in [-0.39, 0.29) is 0 Å². The molecule has 0 aliphatic heterocycles. The predicted molar refractivity (Wildman–Crippen MR) is 109 cm³/mol. The van der Waals surface area contributed by atoms with Crippen molar-refractivity contribution in [1.82, 2.24) is 0 Å². The van der Waals surface area contributed by atoms with Crippen LogP contribution in [0.1, 0.15) is 11.1 Å². The molecular weight excluding hydrogens is 338 g/mol. The van der Waals surface area contributed by atoms with E-state index in [2.05, 4.69) is 16.4 Å². The predicted octanol–water partition coefficient (Wildman–Crippen LogP) is 4.20. The highest BCUT2D eigenvalue weighted by molar-refractivity contribution is 5.92. The molecule has 0 spiro atoms. The lowest BCUT2D eigenvalue weighted by atomic mass is 10.1. The Morgan fingerprint density at radius 2 is 1.63 bits per heavy atom. The fourth-order valence-electron chi connectivity index (χ4n) is 2.54. The lowest BCUT2D eigenvalue weighted by molar-refractivity contribution is 0.306. The summed E-state index contributed by atoms with van der Waals surface area (Å²) in [7, 11) is 1.64. The number of hydrogen-bond donors (Lipinski definition) is 2. The minimum Gasteiger partial charge on any atom is -0.497 e. The molecule has 5 nitrogen and oxygen atoms in total. The first-order valence-corrected chi connectivity index (χ1v) is 8.69. The zero-order valence-corrected chi connectivity index (χ0v) is 15.3. The number of nitrogens with one attached hydrogen (secondary N) is 1. The number of methoxy groups -OCH3 is 1. The van der Waals surface area contributed by atoms with Gasteiger partial charge < -0.3 is 20.5 Å². The molecule has 0 unspecified atom stereocenters. The quantitative estimate of drug-likeness (QED) is 0.489. The van der Waals surface area contributed by atoms with E-state index in [1.165, 1.54) is 0 Å². The maximum Gasteiger partial charge on any atom is 0.193 e. The molecule has 3 aromatic carbocycles. The molecule has 3 aromatic rings. The lowest BCUT2D eigenvalue weighted by Crippen LogP contribution is -2.22. The number of anilines is 1. The fraction of sp³-hybridized carbons (Fsp3) is 0.136. The van der Waals surface area contributed by atoms with E-state index in [0.29, 0.717) is 19.1 Å². The average molecular weight is 361 g/mol. The SMILES string of the molecule is COc1ccc(NC(N)=NCc2cccc(COc3ccccc3)c2)cc1. The Balaban J connectivity index is 1.55. The third-order valence-corrected chi connectivity index (χ3v) is 3.93. The number of rotatable bonds is 7. The second-order valence-electron chi connectivity index (χ2n) is 5.98. The van der Waals surface area contributed by atoms with E-state index in [1.807, 2.05) is 72.8 Å². The second-order valence-corrected chi connectivity index (χ2v) is 5.98. The molecule has 0 fully saturated rings. The Labute approximate surface area is 159 Å². The highest BCUT2D eigenvalue weighted by Crippen LogP contribution is 2.15. The summed E-state index contributed by atoms with van der Waals surface area (Å²) in [4.78, 5) is 4.40. The first kappa shape index (κ1) is 18.3. The summed E-state index contributed by atoms with van der Waals surface area (Å²) in [6.45, 7) is 1.01. The van der Waals surface area contributed by atoms with Crippen molar-refractivity contribution in [2.75, 3.05) is 12.4 Å². The van der Waals surface area contributed by atoms with Crippen molar-refractivity contribution in [2.45, 2.75) is 13.2 Å². The summed E-state index contributed by atoms with van der Waals surface area (Å²) >= 11 is 0. The zero-order valence-electron chi connectivity index (χ0n) is 15.3. The van der Waals surface area contributed by atoms with Gasteiger partial charge in [-0.1, -0.05) is 42.5 Å². The molecule has 0 aliphatic rings. The number of nitrogens with two attached hydrogens (primary N) is 1. The molecule has 3 rings (SSSR count). The average Bonchev–Trinajstić information content (AvgIpc) is 2.72. The smallest absolute Gasteiger partial charge is 0.193 e. The molecule has 0 radical (unpaired) electrons. The largest absolute Gasteiger partial charge is 0.497 e. The highest BCUT2D eigenvalue weighted by atomic mass is 16.5. The van der Waals surface area contributed by atoms with E-state index in [0.717, 1.165) is 28.3 Å². The van der Waals surface area contributed by atoms with Crippen molar-refractivity contribution in [2.24, 2.45) is 10.7 Å². The molecule has 5 heteroatoms. The van der Waals surface area contributed by atoms with Crippen molar-refractivity contribution >= 4 is 11.6 Å². The Morgan fingerprint density at radius 1 is 0.889 bits per heavy atom. The Kier molecular flexibility index (Phi) is 6.30. The number of nitrogens with zero attached hydrogens (tertiary/aromatic N) is 1. The number of para-hydroxylation sites is 1. The van der Waals surface area contributed by atoms with Gasteiger partial charge in [0.15, 0.2) is 5.96 Å². The zero-order chi connectivity index (χ0) is 18.9. The monoisotopic (exact) mass is 361 g/mol. The molecule has 0 aliphatic carbocycles. The van der Waals surface area contributed by atoms with Crippen LogP contribution in [-0.4, -0.2) is 13.1 Å². The molecule has 27 heavy (non-hydrogen) atoms. The van der Waals surface area contributed by atoms with Gasteiger partial charge in [-0.05, 0) is 47.5 Å². The Hall–Kier alpha value is -3.47. The van der Waals surface area contributed by atoms with E-state index < -0.39 is 0 Å². The van der Waals surface area contributed by atoms with Gasteiger partial charge in [-0.3, -0.25) is 0 Å². The van der Waals surface area contributed by atoms with Crippen LogP contribution in [0.5, 0.6) is 11.5 Å². The molecule has 0 atom stereocenters. The van der Waals surface area contributed by atoms with Crippen molar-refractivity contribution in [3.63, 3.8) is 0 Å². The number of guanidine groups is 1. The molecule has 0 aromatic heterocycles. The van der Waals surface area contributed by atoms with Gasteiger partial charge in [0, 0.05) is 5.69 Å². The molecule has 0 saturated carbocycles.